The molecule has 0 bridgehead atoms. The molecule has 92 valence electrons. The van der Waals surface area contributed by atoms with Crippen molar-refractivity contribution in [1.82, 2.24) is 5.32 Å². The average molecular weight is 234 g/mol. The lowest BCUT2D eigenvalue weighted by Gasteiger charge is -2.11. The largest absolute Gasteiger partial charge is 0.495 e. The van der Waals surface area contributed by atoms with Crippen LogP contribution in [0.4, 0.5) is 5.69 Å². The minimum atomic E-state index is -0.101. The highest BCUT2D eigenvalue weighted by atomic mass is 16.5. The lowest BCUT2D eigenvalue weighted by atomic mass is 10.2. The fourth-order valence-electron chi connectivity index (χ4n) is 1.40. The van der Waals surface area contributed by atoms with Gasteiger partial charge in [-0.3, -0.25) is 4.79 Å². The van der Waals surface area contributed by atoms with Gasteiger partial charge in [-0.2, -0.15) is 0 Å². The van der Waals surface area contributed by atoms with Crippen LogP contribution in [0, 0.1) is 6.92 Å². The summed E-state index contributed by atoms with van der Waals surface area (Å²) in [5, 5.41) is 5.74. The first-order chi connectivity index (χ1) is 8.17. The van der Waals surface area contributed by atoms with Gasteiger partial charge in [0.15, 0.2) is 0 Å². The normalized spacial score (nSPS) is 9.76. The SMILES string of the molecule is C=CCNCC(=O)Nc1cc(C)ccc1OC. The number of nitrogens with one attached hydrogen (secondary N) is 2. The molecule has 17 heavy (non-hydrogen) atoms. The molecule has 0 saturated carbocycles. The van der Waals surface area contributed by atoms with Gasteiger partial charge < -0.3 is 15.4 Å². The van der Waals surface area contributed by atoms with Crippen molar-refractivity contribution in [2.45, 2.75) is 6.92 Å². The van der Waals surface area contributed by atoms with Crippen LogP contribution in [-0.4, -0.2) is 26.1 Å². The Balaban J connectivity index is 2.63. The van der Waals surface area contributed by atoms with Crippen molar-refractivity contribution in [2.75, 3.05) is 25.5 Å². The predicted octanol–water partition coefficient (Wildman–Crippen LogP) is 1.72. The topological polar surface area (TPSA) is 50.4 Å². The first kappa shape index (κ1) is 13.3. The van der Waals surface area contributed by atoms with Gasteiger partial charge in [-0.1, -0.05) is 12.1 Å². The first-order valence-electron chi connectivity index (χ1n) is 5.43. The van der Waals surface area contributed by atoms with E-state index in [1.54, 1.807) is 13.2 Å². The van der Waals surface area contributed by atoms with Crippen LogP contribution in [0.2, 0.25) is 0 Å². The van der Waals surface area contributed by atoms with Gasteiger partial charge in [0.2, 0.25) is 5.91 Å². The molecule has 1 aromatic rings. The molecular weight excluding hydrogens is 216 g/mol. The van der Waals surface area contributed by atoms with Crippen molar-refractivity contribution in [3.63, 3.8) is 0 Å². The first-order valence-corrected chi connectivity index (χ1v) is 5.43. The minimum Gasteiger partial charge on any atom is -0.495 e. The van der Waals surface area contributed by atoms with E-state index in [0.717, 1.165) is 5.56 Å². The van der Waals surface area contributed by atoms with E-state index in [9.17, 15) is 4.79 Å². The van der Waals surface area contributed by atoms with Gasteiger partial charge in [-0.05, 0) is 24.6 Å². The molecule has 1 rings (SSSR count). The lowest BCUT2D eigenvalue weighted by molar-refractivity contribution is -0.115. The third kappa shape index (κ3) is 4.28. The van der Waals surface area contributed by atoms with Crippen molar-refractivity contribution in [3.05, 3.63) is 36.4 Å². The summed E-state index contributed by atoms with van der Waals surface area (Å²) in [4.78, 5) is 11.6. The van der Waals surface area contributed by atoms with Crippen LogP contribution in [0.3, 0.4) is 0 Å². The van der Waals surface area contributed by atoms with Crippen LogP contribution in [0.1, 0.15) is 5.56 Å². The zero-order chi connectivity index (χ0) is 12.7. The number of rotatable bonds is 6. The fraction of sp³-hybridized carbons (Fsp3) is 0.308. The van der Waals surface area contributed by atoms with E-state index in [1.807, 2.05) is 25.1 Å². The molecule has 0 radical (unpaired) electrons. The van der Waals surface area contributed by atoms with E-state index in [-0.39, 0.29) is 12.5 Å². The van der Waals surface area contributed by atoms with E-state index in [2.05, 4.69) is 17.2 Å². The third-order valence-electron chi connectivity index (χ3n) is 2.20. The van der Waals surface area contributed by atoms with Gasteiger partial charge in [0.05, 0.1) is 19.3 Å². The maximum Gasteiger partial charge on any atom is 0.238 e. The maximum absolute atomic E-state index is 11.6. The number of hydrogen-bond donors (Lipinski definition) is 2. The average Bonchev–Trinajstić information content (AvgIpc) is 2.29. The van der Waals surface area contributed by atoms with Crippen LogP contribution < -0.4 is 15.4 Å². The summed E-state index contributed by atoms with van der Waals surface area (Å²) >= 11 is 0. The molecule has 0 atom stereocenters. The van der Waals surface area contributed by atoms with Crippen molar-refractivity contribution < 1.29 is 9.53 Å². The van der Waals surface area contributed by atoms with Crippen LogP contribution >= 0.6 is 0 Å². The summed E-state index contributed by atoms with van der Waals surface area (Å²) in [5.41, 5.74) is 1.76. The molecule has 4 nitrogen and oxygen atoms in total. The molecular formula is C13H18N2O2. The van der Waals surface area contributed by atoms with Crippen LogP contribution in [0.25, 0.3) is 0 Å². The predicted molar refractivity (Wildman–Crippen MR) is 69.4 cm³/mol. The van der Waals surface area contributed by atoms with E-state index in [0.29, 0.717) is 18.0 Å². The summed E-state index contributed by atoms with van der Waals surface area (Å²) in [6.07, 6.45) is 1.71. The number of carbonyl (C=O) groups is 1. The Morgan fingerprint density at radius 3 is 2.94 bits per heavy atom. The van der Waals surface area contributed by atoms with Crippen LogP contribution in [-0.2, 0) is 4.79 Å². The van der Waals surface area contributed by atoms with Gasteiger partial charge in [0, 0.05) is 6.54 Å². The van der Waals surface area contributed by atoms with Crippen LogP contribution in [0.15, 0.2) is 30.9 Å². The Labute approximate surface area is 102 Å². The lowest BCUT2D eigenvalue weighted by Crippen LogP contribution is -2.28. The van der Waals surface area contributed by atoms with Crippen LogP contribution in [0.5, 0.6) is 5.75 Å². The summed E-state index contributed by atoms with van der Waals surface area (Å²) < 4.78 is 5.18. The molecule has 0 fully saturated rings. The second kappa shape index (κ2) is 6.70. The summed E-state index contributed by atoms with van der Waals surface area (Å²) in [5.74, 6) is 0.559. The number of benzene rings is 1. The van der Waals surface area contributed by atoms with E-state index >= 15 is 0 Å². The van der Waals surface area contributed by atoms with Gasteiger partial charge in [0.1, 0.15) is 5.75 Å². The highest BCUT2D eigenvalue weighted by Crippen LogP contribution is 2.24. The molecule has 0 heterocycles. The second-order valence-electron chi connectivity index (χ2n) is 3.67. The van der Waals surface area contributed by atoms with Crippen molar-refractivity contribution in [1.29, 1.82) is 0 Å². The molecule has 1 amide bonds. The van der Waals surface area contributed by atoms with Crippen molar-refractivity contribution in [2.24, 2.45) is 0 Å². The van der Waals surface area contributed by atoms with Gasteiger partial charge in [-0.25, -0.2) is 0 Å². The second-order valence-corrected chi connectivity index (χ2v) is 3.67. The highest BCUT2D eigenvalue weighted by Gasteiger charge is 2.06. The number of ether oxygens (including phenoxy) is 1. The Hall–Kier alpha value is -1.81. The molecule has 4 heteroatoms. The Morgan fingerprint density at radius 1 is 1.53 bits per heavy atom. The number of carbonyl (C=O) groups excluding carboxylic acids is 1. The molecule has 0 aliphatic rings. The Bertz CT molecular complexity index is 402. The monoisotopic (exact) mass is 234 g/mol. The van der Waals surface area contributed by atoms with E-state index < -0.39 is 0 Å². The summed E-state index contributed by atoms with van der Waals surface area (Å²) in [7, 11) is 1.58. The fourth-order valence-corrected chi connectivity index (χ4v) is 1.40. The smallest absolute Gasteiger partial charge is 0.238 e. The number of amides is 1. The zero-order valence-corrected chi connectivity index (χ0v) is 10.2. The highest BCUT2D eigenvalue weighted by molar-refractivity contribution is 5.93. The van der Waals surface area contributed by atoms with E-state index in [1.165, 1.54) is 0 Å². The molecule has 2 N–H and O–H groups in total. The zero-order valence-electron chi connectivity index (χ0n) is 10.2. The van der Waals surface area contributed by atoms with Gasteiger partial charge >= 0.3 is 0 Å². The molecule has 0 saturated heterocycles. The molecule has 0 aliphatic heterocycles. The number of hydrogen-bond acceptors (Lipinski definition) is 3. The maximum atomic E-state index is 11.6. The number of anilines is 1. The molecule has 0 aromatic heterocycles. The molecule has 0 aliphatic carbocycles. The van der Waals surface area contributed by atoms with E-state index in [4.69, 9.17) is 4.74 Å². The van der Waals surface area contributed by atoms with Gasteiger partial charge in [0.25, 0.3) is 0 Å². The summed E-state index contributed by atoms with van der Waals surface area (Å²) in [6, 6.07) is 5.65. The van der Waals surface area contributed by atoms with Crippen molar-refractivity contribution >= 4 is 11.6 Å². The third-order valence-corrected chi connectivity index (χ3v) is 2.20. The Kier molecular flexibility index (Phi) is 5.23. The number of methoxy groups -OCH3 is 1. The minimum absolute atomic E-state index is 0.101. The molecule has 1 aromatic carbocycles. The van der Waals surface area contributed by atoms with Gasteiger partial charge in [-0.15, -0.1) is 6.58 Å². The quantitative estimate of drug-likeness (QED) is 0.582. The molecule has 0 spiro atoms. The standard InChI is InChI=1S/C13H18N2O2/c1-4-7-14-9-13(16)15-11-8-10(2)5-6-12(11)17-3/h4-6,8,14H,1,7,9H2,2-3H3,(H,15,16). The van der Waals surface area contributed by atoms with Crippen molar-refractivity contribution in [3.8, 4) is 5.75 Å². The molecule has 0 unspecified atom stereocenters. The summed E-state index contributed by atoms with van der Waals surface area (Å²) in [6.45, 7) is 6.39. The Morgan fingerprint density at radius 2 is 2.29 bits per heavy atom. The number of aryl methyl sites for hydroxylation is 1.